The highest BCUT2D eigenvalue weighted by atomic mass is 16.6. The Morgan fingerprint density at radius 3 is 1.93 bits per heavy atom. The number of hydrogen-bond donors (Lipinski definition) is 3. The Hall–Kier alpha value is -4.37. The first-order valence-corrected chi connectivity index (χ1v) is 16.5. The molecule has 5 N–H and O–H groups in total. The number of ether oxygens (including phenoxy) is 2. The van der Waals surface area contributed by atoms with Crippen molar-refractivity contribution >= 4 is 18.1 Å². The average Bonchev–Trinajstić information content (AvgIpc) is 3.08. The number of fused-ring (bicyclic) bond motifs is 1. The SMILES string of the molecule is NCCCN(C(=O)OCc1ccccc1)[C@@H](CCc1ccc(CCCCNC(=O)OCc2ccccc2)c2c1CCCC2)C(N)=O. The first-order valence-electron chi connectivity index (χ1n) is 16.5. The van der Waals surface area contributed by atoms with E-state index >= 15 is 0 Å². The van der Waals surface area contributed by atoms with Crippen molar-refractivity contribution in [1.29, 1.82) is 0 Å². The molecule has 0 aromatic heterocycles. The van der Waals surface area contributed by atoms with Crippen molar-refractivity contribution in [2.75, 3.05) is 19.6 Å². The number of benzene rings is 3. The molecule has 0 heterocycles. The highest BCUT2D eigenvalue weighted by Crippen LogP contribution is 2.30. The van der Waals surface area contributed by atoms with Crippen LogP contribution in [0.5, 0.6) is 0 Å². The molecule has 4 rings (SSSR count). The number of alkyl carbamates (subject to hydrolysis) is 1. The summed E-state index contributed by atoms with van der Waals surface area (Å²) in [5.74, 6) is -0.545. The smallest absolute Gasteiger partial charge is 0.410 e. The monoisotopic (exact) mass is 628 g/mol. The maximum atomic E-state index is 13.2. The molecule has 3 aromatic rings. The standard InChI is InChI=1S/C37H48N4O5/c38-23-11-25-41(37(44)46-27-29-14-5-2-6-15-29)34(35(39)42)22-21-31-20-19-30(32-17-7-8-18-33(31)32)16-9-10-24-40-36(43)45-26-28-12-3-1-4-13-28/h1-6,12-15,19-20,34H,7-11,16-18,21-27,38H2,(H2,39,42)(H,40,43)/t34-/m0/s1. The summed E-state index contributed by atoms with van der Waals surface area (Å²) < 4.78 is 10.9. The molecule has 1 aliphatic carbocycles. The van der Waals surface area contributed by atoms with E-state index in [4.69, 9.17) is 20.9 Å². The van der Waals surface area contributed by atoms with E-state index in [1.54, 1.807) is 0 Å². The van der Waals surface area contributed by atoms with E-state index < -0.39 is 24.1 Å². The van der Waals surface area contributed by atoms with Gasteiger partial charge in [0, 0.05) is 13.1 Å². The van der Waals surface area contributed by atoms with Gasteiger partial charge in [0.05, 0.1) is 0 Å². The minimum atomic E-state index is -0.791. The Bertz CT molecular complexity index is 1400. The second kappa shape index (κ2) is 18.6. The van der Waals surface area contributed by atoms with Crippen LogP contribution in [0.3, 0.4) is 0 Å². The molecule has 3 aromatic carbocycles. The Labute approximate surface area is 272 Å². The third kappa shape index (κ3) is 10.6. The van der Waals surface area contributed by atoms with Crippen LogP contribution < -0.4 is 16.8 Å². The van der Waals surface area contributed by atoms with Gasteiger partial charge in [-0.15, -0.1) is 0 Å². The van der Waals surface area contributed by atoms with E-state index in [0.717, 1.165) is 56.1 Å². The molecule has 9 heteroatoms. The lowest BCUT2D eigenvalue weighted by molar-refractivity contribution is -0.123. The molecular weight excluding hydrogens is 580 g/mol. The van der Waals surface area contributed by atoms with Crippen LogP contribution in [0.4, 0.5) is 9.59 Å². The quantitative estimate of drug-likeness (QED) is 0.167. The molecule has 0 fully saturated rings. The minimum absolute atomic E-state index is 0.119. The van der Waals surface area contributed by atoms with Crippen molar-refractivity contribution in [3.05, 3.63) is 106 Å². The van der Waals surface area contributed by atoms with Gasteiger partial charge in [-0.2, -0.15) is 0 Å². The molecule has 0 saturated carbocycles. The molecule has 0 unspecified atom stereocenters. The Morgan fingerprint density at radius 1 is 0.761 bits per heavy atom. The Morgan fingerprint density at radius 2 is 1.35 bits per heavy atom. The lowest BCUT2D eigenvalue weighted by Gasteiger charge is -2.30. The molecule has 1 atom stereocenters. The van der Waals surface area contributed by atoms with Gasteiger partial charge in [0.2, 0.25) is 5.91 Å². The van der Waals surface area contributed by atoms with E-state index in [9.17, 15) is 14.4 Å². The predicted octanol–water partition coefficient (Wildman–Crippen LogP) is 5.59. The predicted molar refractivity (Wildman–Crippen MR) is 179 cm³/mol. The number of aryl methyl sites for hydroxylation is 2. The van der Waals surface area contributed by atoms with E-state index in [-0.39, 0.29) is 13.2 Å². The van der Waals surface area contributed by atoms with Crippen LogP contribution in [0.15, 0.2) is 72.8 Å². The number of amides is 3. The fraction of sp³-hybridized carbons (Fsp3) is 0.432. The van der Waals surface area contributed by atoms with Crippen LogP contribution in [0.1, 0.15) is 71.9 Å². The van der Waals surface area contributed by atoms with Crippen LogP contribution in [0.25, 0.3) is 0 Å². The Balaban J connectivity index is 1.31. The summed E-state index contributed by atoms with van der Waals surface area (Å²) in [4.78, 5) is 39.3. The van der Waals surface area contributed by atoms with E-state index in [0.29, 0.717) is 38.9 Å². The van der Waals surface area contributed by atoms with Crippen LogP contribution in [0.2, 0.25) is 0 Å². The summed E-state index contributed by atoms with van der Waals surface area (Å²) in [6, 6.07) is 22.7. The molecule has 0 bridgehead atoms. The zero-order chi connectivity index (χ0) is 32.6. The summed E-state index contributed by atoms with van der Waals surface area (Å²) in [7, 11) is 0. The van der Waals surface area contributed by atoms with E-state index in [2.05, 4.69) is 17.4 Å². The number of carbonyl (C=O) groups is 3. The van der Waals surface area contributed by atoms with Gasteiger partial charge in [-0.1, -0.05) is 72.8 Å². The molecule has 1 aliphatic rings. The molecule has 3 amide bonds. The highest BCUT2D eigenvalue weighted by Gasteiger charge is 2.29. The van der Waals surface area contributed by atoms with Gasteiger partial charge < -0.3 is 26.3 Å². The molecular formula is C37H48N4O5. The first kappa shape index (κ1) is 34.5. The summed E-state index contributed by atoms with van der Waals surface area (Å²) >= 11 is 0. The fourth-order valence-electron chi connectivity index (χ4n) is 6.07. The summed E-state index contributed by atoms with van der Waals surface area (Å²) in [5, 5.41) is 2.85. The highest BCUT2D eigenvalue weighted by molar-refractivity contribution is 5.84. The zero-order valence-electron chi connectivity index (χ0n) is 26.8. The van der Waals surface area contributed by atoms with Gasteiger partial charge in [-0.05, 0) is 104 Å². The first-order chi connectivity index (χ1) is 22.5. The maximum absolute atomic E-state index is 13.2. The van der Waals surface area contributed by atoms with Crippen molar-refractivity contribution in [2.24, 2.45) is 11.5 Å². The molecule has 0 aliphatic heterocycles. The van der Waals surface area contributed by atoms with Gasteiger partial charge in [0.1, 0.15) is 19.3 Å². The molecule has 0 saturated heterocycles. The molecule has 9 nitrogen and oxygen atoms in total. The fourth-order valence-corrected chi connectivity index (χ4v) is 6.07. The normalized spacial score (nSPS) is 12.9. The van der Waals surface area contributed by atoms with Gasteiger partial charge in [-0.25, -0.2) is 9.59 Å². The van der Waals surface area contributed by atoms with Crippen LogP contribution >= 0.6 is 0 Å². The number of nitrogens with two attached hydrogens (primary N) is 2. The number of primary amides is 1. The lowest BCUT2D eigenvalue weighted by Crippen LogP contribution is -2.49. The van der Waals surface area contributed by atoms with Gasteiger partial charge in [-0.3, -0.25) is 9.69 Å². The topological polar surface area (TPSA) is 137 Å². The third-order valence-corrected chi connectivity index (χ3v) is 8.52. The number of nitrogens with one attached hydrogen (secondary N) is 1. The number of hydrogen-bond acceptors (Lipinski definition) is 6. The molecule has 246 valence electrons. The maximum Gasteiger partial charge on any atom is 0.410 e. The average molecular weight is 629 g/mol. The summed E-state index contributed by atoms with van der Waals surface area (Å²) in [6.07, 6.45) is 7.71. The van der Waals surface area contributed by atoms with Gasteiger partial charge in [0.25, 0.3) is 0 Å². The van der Waals surface area contributed by atoms with E-state index in [1.807, 2.05) is 60.7 Å². The number of rotatable bonds is 17. The van der Waals surface area contributed by atoms with Crippen molar-refractivity contribution in [3.8, 4) is 0 Å². The van der Waals surface area contributed by atoms with Crippen molar-refractivity contribution in [3.63, 3.8) is 0 Å². The minimum Gasteiger partial charge on any atom is -0.445 e. The number of nitrogens with zero attached hydrogens (tertiary/aromatic N) is 1. The van der Waals surface area contributed by atoms with Gasteiger partial charge in [0.15, 0.2) is 0 Å². The zero-order valence-corrected chi connectivity index (χ0v) is 26.8. The van der Waals surface area contributed by atoms with Crippen molar-refractivity contribution in [2.45, 2.75) is 83.5 Å². The van der Waals surface area contributed by atoms with E-state index in [1.165, 1.54) is 27.2 Å². The second-order valence-corrected chi connectivity index (χ2v) is 11.8. The molecule has 0 spiro atoms. The number of carbonyl (C=O) groups excluding carboxylic acids is 3. The lowest BCUT2D eigenvalue weighted by atomic mass is 9.82. The summed E-state index contributed by atoms with van der Waals surface area (Å²) in [5.41, 5.74) is 18.8. The van der Waals surface area contributed by atoms with Gasteiger partial charge >= 0.3 is 12.2 Å². The molecule has 46 heavy (non-hydrogen) atoms. The Kier molecular flexibility index (Phi) is 13.9. The largest absolute Gasteiger partial charge is 0.445 e. The second-order valence-electron chi connectivity index (χ2n) is 11.8. The van der Waals surface area contributed by atoms with Crippen molar-refractivity contribution < 1.29 is 23.9 Å². The van der Waals surface area contributed by atoms with Crippen LogP contribution in [-0.4, -0.2) is 48.7 Å². The number of unbranched alkanes of at least 4 members (excludes halogenated alkanes) is 1. The summed E-state index contributed by atoms with van der Waals surface area (Å²) in [6.45, 7) is 1.63. The van der Waals surface area contributed by atoms with Crippen LogP contribution in [0, 0.1) is 0 Å². The van der Waals surface area contributed by atoms with Crippen molar-refractivity contribution in [1.82, 2.24) is 10.2 Å². The van der Waals surface area contributed by atoms with Crippen LogP contribution in [-0.2, 0) is 53.2 Å². The third-order valence-electron chi connectivity index (χ3n) is 8.52. The molecule has 0 radical (unpaired) electrons.